The number of anilines is 1. The Hall–Kier alpha value is -2.15. The first-order valence-electron chi connectivity index (χ1n) is 11.9. The molecule has 0 spiro atoms. The van der Waals surface area contributed by atoms with E-state index >= 15 is 0 Å². The minimum Gasteiger partial charge on any atom is -0.465 e. The molecule has 1 aliphatic rings. The van der Waals surface area contributed by atoms with Crippen LogP contribution in [-0.4, -0.2) is 59.1 Å². The Bertz CT molecular complexity index is 909. The van der Waals surface area contributed by atoms with Crippen molar-refractivity contribution in [2.45, 2.75) is 57.5 Å². The number of nitrogens with zero attached hydrogens (tertiary/aromatic N) is 2. The number of hydrogen-bond acceptors (Lipinski definition) is 5. The molecule has 1 fully saturated rings. The van der Waals surface area contributed by atoms with Crippen LogP contribution in [-0.2, 0) is 9.16 Å². The van der Waals surface area contributed by atoms with E-state index in [-0.39, 0.29) is 17.0 Å². The van der Waals surface area contributed by atoms with Crippen LogP contribution in [0.25, 0.3) is 0 Å². The fourth-order valence-electron chi connectivity index (χ4n) is 4.15. The van der Waals surface area contributed by atoms with Crippen LogP contribution in [0.1, 0.15) is 49.2 Å². The number of methoxy groups -OCH3 is 1. The molecule has 0 aromatic heterocycles. The molecule has 2 aromatic rings. The van der Waals surface area contributed by atoms with E-state index in [9.17, 15) is 4.79 Å². The second-order valence-corrected chi connectivity index (χ2v) is 15.4. The number of likely N-dealkylation sites (N-methyl/N-ethyl adjacent to an activating group) is 1. The third-order valence-corrected chi connectivity index (χ3v) is 11.8. The third kappa shape index (κ3) is 6.25. The molecule has 2 aromatic carbocycles. The van der Waals surface area contributed by atoms with Crippen molar-refractivity contribution in [2.24, 2.45) is 0 Å². The quantitative estimate of drug-likeness (QED) is 0.365. The lowest BCUT2D eigenvalue weighted by molar-refractivity contribution is 0.0600. The summed E-state index contributed by atoms with van der Waals surface area (Å²) < 4.78 is 11.6. The summed E-state index contributed by atoms with van der Waals surface area (Å²) >= 11 is 0. The SMILES string of the molecule is COC(=O)c1ccc(N(C)[C@H](CN2CC[C@H](O[Si](C)(C)C(C)(C)C)C2)c2ccccc2)cc1. The molecule has 1 saturated heterocycles. The number of carbonyl (C=O) groups excluding carboxylic acids is 1. The highest BCUT2D eigenvalue weighted by molar-refractivity contribution is 6.74. The Morgan fingerprint density at radius 2 is 1.76 bits per heavy atom. The van der Waals surface area contributed by atoms with Gasteiger partial charge in [-0.25, -0.2) is 4.79 Å². The van der Waals surface area contributed by atoms with Crippen molar-refractivity contribution in [1.29, 1.82) is 0 Å². The molecule has 6 heteroatoms. The van der Waals surface area contributed by atoms with Gasteiger partial charge in [0.25, 0.3) is 0 Å². The largest absolute Gasteiger partial charge is 0.465 e. The summed E-state index contributed by atoms with van der Waals surface area (Å²) in [6.45, 7) is 14.6. The van der Waals surface area contributed by atoms with E-state index < -0.39 is 8.32 Å². The zero-order valence-electron chi connectivity index (χ0n) is 21.3. The maximum absolute atomic E-state index is 11.8. The summed E-state index contributed by atoms with van der Waals surface area (Å²) in [4.78, 5) is 16.7. The smallest absolute Gasteiger partial charge is 0.337 e. The molecule has 1 aliphatic heterocycles. The van der Waals surface area contributed by atoms with Crippen LogP contribution in [0.5, 0.6) is 0 Å². The first-order valence-corrected chi connectivity index (χ1v) is 14.8. The van der Waals surface area contributed by atoms with Crippen LogP contribution in [0.3, 0.4) is 0 Å². The van der Waals surface area contributed by atoms with Gasteiger partial charge in [0.05, 0.1) is 24.8 Å². The van der Waals surface area contributed by atoms with Crippen molar-refractivity contribution in [3.05, 3.63) is 65.7 Å². The van der Waals surface area contributed by atoms with Crippen LogP contribution in [0.4, 0.5) is 5.69 Å². The van der Waals surface area contributed by atoms with Gasteiger partial charge in [-0.2, -0.15) is 0 Å². The molecular formula is C27H40N2O3Si. The number of esters is 1. The van der Waals surface area contributed by atoms with E-state index in [1.165, 1.54) is 12.7 Å². The predicted molar refractivity (Wildman–Crippen MR) is 138 cm³/mol. The lowest BCUT2D eigenvalue weighted by Crippen LogP contribution is -2.44. The van der Waals surface area contributed by atoms with Gasteiger partial charge in [0.1, 0.15) is 0 Å². The van der Waals surface area contributed by atoms with Gasteiger partial charge in [0, 0.05) is 32.4 Å². The van der Waals surface area contributed by atoms with Gasteiger partial charge in [-0.15, -0.1) is 0 Å². The monoisotopic (exact) mass is 468 g/mol. The molecule has 2 atom stereocenters. The maximum Gasteiger partial charge on any atom is 0.337 e. The molecule has 0 bridgehead atoms. The van der Waals surface area contributed by atoms with E-state index in [0.717, 1.165) is 31.7 Å². The lowest BCUT2D eigenvalue weighted by Gasteiger charge is -2.38. The van der Waals surface area contributed by atoms with Gasteiger partial charge in [-0.05, 0) is 54.4 Å². The Morgan fingerprint density at radius 1 is 1.12 bits per heavy atom. The van der Waals surface area contributed by atoms with Crippen LogP contribution in [0.15, 0.2) is 54.6 Å². The molecule has 1 heterocycles. The van der Waals surface area contributed by atoms with Crippen LogP contribution < -0.4 is 4.90 Å². The maximum atomic E-state index is 11.8. The average molecular weight is 469 g/mol. The summed E-state index contributed by atoms with van der Waals surface area (Å²) in [5.41, 5.74) is 2.92. The molecule has 3 rings (SSSR count). The zero-order valence-corrected chi connectivity index (χ0v) is 22.3. The van der Waals surface area contributed by atoms with E-state index in [1.807, 2.05) is 24.3 Å². The minimum atomic E-state index is -1.77. The minimum absolute atomic E-state index is 0.196. The van der Waals surface area contributed by atoms with Crippen molar-refractivity contribution in [1.82, 2.24) is 4.90 Å². The lowest BCUT2D eigenvalue weighted by atomic mass is 10.0. The third-order valence-electron chi connectivity index (χ3n) is 7.28. The fourth-order valence-corrected chi connectivity index (χ4v) is 5.53. The molecule has 0 unspecified atom stereocenters. The first-order chi connectivity index (χ1) is 15.5. The zero-order chi connectivity index (χ0) is 24.2. The number of likely N-dealkylation sites (tertiary alicyclic amines) is 1. The van der Waals surface area contributed by atoms with Crippen LogP contribution in [0.2, 0.25) is 18.1 Å². The van der Waals surface area contributed by atoms with E-state index in [2.05, 4.69) is 81.0 Å². The Morgan fingerprint density at radius 3 is 2.33 bits per heavy atom. The van der Waals surface area contributed by atoms with E-state index in [4.69, 9.17) is 9.16 Å². The van der Waals surface area contributed by atoms with Gasteiger partial charge in [-0.1, -0.05) is 51.1 Å². The topological polar surface area (TPSA) is 42.0 Å². The molecule has 180 valence electrons. The fraction of sp³-hybridized carbons (Fsp3) is 0.519. The molecule has 5 nitrogen and oxygen atoms in total. The van der Waals surface area contributed by atoms with Gasteiger partial charge in [-0.3, -0.25) is 4.90 Å². The molecule has 0 saturated carbocycles. The number of hydrogen-bond donors (Lipinski definition) is 0. The van der Waals surface area contributed by atoms with Gasteiger partial charge in [0.2, 0.25) is 0 Å². The predicted octanol–water partition coefficient (Wildman–Crippen LogP) is 5.75. The van der Waals surface area contributed by atoms with Crippen molar-refractivity contribution in [3.8, 4) is 0 Å². The highest BCUT2D eigenvalue weighted by Gasteiger charge is 2.40. The normalized spacial score (nSPS) is 18.2. The van der Waals surface area contributed by atoms with Gasteiger partial charge < -0.3 is 14.1 Å². The second kappa shape index (κ2) is 10.4. The second-order valence-electron chi connectivity index (χ2n) is 10.6. The number of carbonyl (C=O) groups is 1. The Labute approximate surface area is 200 Å². The average Bonchev–Trinajstić information content (AvgIpc) is 3.22. The van der Waals surface area contributed by atoms with E-state index in [0.29, 0.717) is 11.7 Å². The molecule has 0 N–H and O–H groups in total. The molecule has 0 amide bonds. The van der Waals surface area contributed by atoms with Gasteiger partial charge in [0.15, 0.2) is 8.32 Å². The molecule has 0 aliphatic carbocycles. The van der Waals surface area contributed by atoms with Crippen molar-refractivity contribution < 1.29 is 14.0 Å². The first kappa shape index (κ1) is 25.5. The standard InChI is InChI=1S/C27H40N2O3Si/c1-27(2,3)33(6,7)32-24-17-18-29(19-24)20-25(21-11-9-8-10-12-21)28(4)23-15-13-22(14-16-23)26(30)31-5/h8-16,24-25H,17-20H2,1-7H3/t24-,25+/m0/s1. The molecule has 0 radical (unpaired) electrons. The molecule has 33 heavy (non-hydrogen) atoms. The van der Waals surface area contributed by atoms with E-state index in [1.54, 1.807) is 0 Å². The number of rotatable bonds is 8. The van der Waals surface area contributed by atoms with Crippen molar-refractivity contribution in [3.63, 3.8) is 0 Å². The van der Waals surface area contributed by atoms with Crippen LogP contribution in [0, 0.1) is 0 Å². The summed E-state index contributed by atoms with van der Waals surface area (Å²) in [7, 11) is 1.77. The summed E-state index contributed by atoms with van der Waals surface area (Å²) in [6, 6.07) is 18.5. The van der Waals surface area contributed by atoms with Crippen molar-refractivity contribution in [2.75, 3.05) is 38.7 Å². The Kier molecular flexibility index (Phi) is 8.03. The van der Waals surface area contributed by atoms with Crippen LogP contribution >= 0.6 is 0 Å². The molecular weight excluding hydrogens is 428 g/mol. The van der Waals surface area contributed by atoms with Gasteiger partial charge >= 0.3 is 5.97 Å². The number of ether oxygens (including phenoxy) is 1. The number of benzene rings is 2. The highest BCUT2D eigenvalue weighted by atomic mass is 28.4. The summed E-state index contributed by atoms with van der Waals surface area (Å²) in [6.07, 6.45) is 1.40. The summed E-state index contributed by atoms with van der Waals surface area (Å²) in [5.74, 6) is -0.311. The highest BCUT2D eigenvalue weighted by Crippen LogP contribution is 2.38. The Balaban J connectivity index is 1.74. The summed E-state index contributed by atoms with van der Waals surface area (Å²) in [5, 5.41) is 0.226. The van der Waals surface area contributed by atoms with Crippen molar-refractivity contribution >= 4 is 20.0 Å².